The highest BCUT2D eigenvalue weighted by atomic mass is 32.2. The summed E-state index contributed by atoms with van der Waals surface area (Å²) in [5, 5.41) is 21.7. The van der Waals surface area contributed by atoms with Crippen molar-refractivity contribution in [2.45, 2.75) is 43.8 Å². The van der Waals surface area contributed by atoms with Crippen molar-refractivity contribution in [3.63, 3.8) is 0 Å². The van der Waals surface area contributed by atoms with E-state index in [4.69, 9.17) is 0 Å². The van der Waals surface area contributed by atoms with Crippen LogP contribution in [0.3, 0.4) is 0 Å². The van der Waals surface area contributed by atoms with Gasteiger partial charge in [-0.05, 0) is 13.0 Å². The summed E-state index contributed by atoms with van der Waals surface area (Å²) in [5.41, 5.74) is 0.00707. The Hall–Kier alpha value is -3.56. The Balaban J connectivity index is 1.37. The first-order chi connectivity index (χ1) is 16.4. The van der Waals surface area contributed by atoms with E-state index in [-0.39, 0.29) is 6.54 Å². The molecule has 0 N–H and O–H groups in total. The number of thioether (sulfide) groups is 1. The molecule has 0 aliphatic carbocycles. The van der Waals surface area contributed by atoms with Gasteiger partial charge in [0, 0.05) is 13.6 Å². The summed E-state index contributed by atoms with van der Waals surface area (Å²) in [6.07, 6.45) is -2.67. The molecule has 0 aliphatic rings. The molecule has 0 fully saturated rings. The zero-order chi connectivity index (χ0) is 24.0. The quantitative estimate of drug-likeness (QED) is 0.239. The minimum absolute atomic E-state index is 0.217. The Bertz CT molecular complexity index is 1470. The average Bonchev–Trinajstić information content (AvgIpc) is 3.57. The predicted octanol–water partition coefficient (Wildman–Crippen LogP) is 3.03. The van der Waals surface area contributed by atoms with Gasteiger partial charge in [-0.3, -0.25) is 9.36 Å². The minimum atomic E-state index is -2.95. The highest BCUT2D eigenvalue weighted by molar-refractivity contribution is 7.98. The lowest BCUT2D eigenvalue weighted by Gasteiger charge is -2.09. The van der Waals surface area contributed by atoms with Gasteiger partial charge in [-0.15, -0.1) is 15.3 Å². The van der Waals surface area contributed by atoms with Gasteiger partial charge in [-0.25, -0.2) is 32.0 Å². The molecule has 0 saturated carbocycles. The molecule has 0 spiro atoms. The number of hydrogen-bond acceptors (Lipinski definition) is 8. The van der Waals surface area contributed by atoms with Crippen molar-refractivity contribution in [1.82, 2.24) is 53.9 Å². The van der Waals surface area contributed by atoms with E-state index in [2.05, 4.69) is 35.5 Å². The number of fused-ring (bicyclic) bond motifs is 3. The Labute approximate surface area is 192 Å². The molecule has 5 aromatic heterocycles. The van der Waals surface area contributed by atoms with Crippen LogP contribution < -0.4 is 0 Å². The maximum Gasteiger partial charge on any atom is 0.282 e. The number of nitrogens with zero attached hydrogens (tertiary/aromatic N) is 11. The van der Waals surface area contributed by atoms with Crippen molar-refractivity contribution in [3.05, 3.63) is 41.6 Å². The van der Waals surface area contributed by atoms with Crippen molar-refractivity contribution < 1.29 is 17.6 Å². The van der Waals surface area contributed by atoms with Crippen LogP contribution in [-0.2, 0) is 25.9 Å². The minimum Gasteiger partial charge on any atom is -0.305 e. The molecule has 5 heterocycles. The fraction of sp³-hybridized carbons (Fsp3) is 0.389. The first-order valence-electron chi connectivity index (χ1n) is 10.1. The van der Waals surface area contributed by atoms with Gasteiger partial charge in [-0.1, -0.05) is 11.8 Å². The van der Waals surface area contributed by atoms with Crippen LogP contribution in [0.25, 0.3) is 16.7 Å². The summed E-state index contributed by atoms with van der Waals surface area (Å²) in [4.78, 5) is 8.88. The van der Waals surface area contributed by atoms with E-state index in [1.54, 1.807) is 33.3 Å². The number of hydrogen-bond donors (Lipinski definition) is 0. The molecule has 0 atom stereocenters. The van der Waals surface area contributed by atoms with Gasteiger partial charge < -0.3 is 4.57 Å². The molecule has 0 saturated heterocycles. The Kier molecular flexibility index (Phi) is 5.66. The number of halogens is 4. The van der Waals surface area contributed by atoms with Crippen molar-refractivity contribution in [2.24, 2.45) is 7.05 Å². The first kappa shape index (κ1) is 22.2. The van der Waals surface area contributed by atoms with E-state index in [1.807, 2.05) is 6.92 Å². The van der Waals surface area contributed by atoms with E-state index in [9.17, 15) is 17.6 Å². The van der Waals surface area contributed by atoms with E-state index >= 15 is 0 Å². The van der Waals surface area contributed by atoms with Gasteiger partial charge in [0.1, 0.15) is 24.3 Å². The van der Waals surface area contributed by atoms with Gasteiger partial charge >= 0.3 is 0 Å². The number of aryl methyl sites for hydroxylation is 1. The van der Waals surface area contributed by atoms with Crippen molar-refractivity contribution in [3.8, 4) is 0 Å². The Morgan fingerprint density at radius 3 is 2.62 bits per heavy atom. The molecule has 0 radical (unpaired) electrons. The second-order valence-corrected chi connectivity index (χ2v) is 8.17. The van der Waals surface area contributed by atoms with Crippen LogP contribution in [0.4, 0.5) is 17.6 Å². The fourth-order valence-corrected chi connectivity index (χ4v) is 4.40. The lowest BCUT2D eigenvalue weighted by molar-refractivity contribution is 0.139. The molecule has 178 valence electrons. The standard InChI is InChI=1S/C18H17F4N11S/c1-3-31-13(6-32-11(15(21)22)4-10(28-32)14(19)20)26-27-18(31)34-7-12-25-17-9-5-24-30(2)16(9)23-8-33(17)29-12/h4-5,8,14-15H,3,6-7H2,1-2H3. The molecule has 16 heteroatoms. The van der Waals surface area contributed by atoms with Crippen LogP contribution in [0, 0.1) is 0 Å². The van der Waals surface area contributed by atoms with Crippen LogP contribution in [0.2, 0.25) is 0 Å². The van der Waals surface area contributed by atoms with Gasteiger partial charge in [0.2, 0.25) is 0 Å². The monoisotopic (exact) mass is 495 g/mol. The summed E-state index contributed by atoms with van der Waals surface area (Å²) >= 11 is 1.31. The van der Waals surface area contributed by atoms with Crippen LogP contribution in [-0.4, -0.2) is 53.9 Å². The molecular formula is C18H17F4N11S. The number of alkyl halides is 4. The third-order valence-electron chi connectivity index (χ3n) is 5.12. The smallest absolute Gasteiger partial charge is 0.282 e. The van der Waals surface area contributed by atoms with E-state index in [0.29, 0.717) is 46.5 Å². The zero-order valence-corrected chi connectivity index (χ0v) is 18.7. The summed E-state index contributed by atoms with van der Waals surface area (Å²) in [6.45, 7) is 2.06. The van der Waals surface area contributed by atoms with Gasteiger partial charge in [0.05, 0.1) is 17.3 Å². The molecule has 0 unspecified atom stereocenters. The van der Waals surface area contributed by atoms with E-state index in [0.717, 1.165) is 10.1 Å². The predicted molar refractivity (Wildman–Crippen MR) is 112 cm³/mol. The lowest BCUT2D eigenvalue weighted by atomic mass is 10.3. The topological polar surface area (TPSA) is 109 Å². The highest BCUT2D eigenvalue weighted by Crippen LogP contribution is 2.27. The third-order valence-corrected chi connectivity index (χ3v) is 6.08. The molecular weight excluding hydrogens is 478 g/mol. The molecule has 11 nitrogen and oxygen atoms in total. The summed E-state index contributed by atoms with van der Waals surface area (Å²) in [7, 11) is 1.79. The SMILES string of the molecule is CCn1c(Cn2nc(C(F)F)cc2C(F)F)nnc1SCc1nc2c3cnn(C)c3ncn2n1. The van der Waals surface area contributed by atoms with Crippen LogP contribution in [0.15, 0.2) is 23.7 Å². The molecule has 5 aromatic rings. The van der Waals surface area contributed by atoms with E-state index in [1.165, 1.54) is 11.8 Å². The van der Waals surface area contributed by atoms with E-state index < -0.39 is 24.2 Å². The first-order valence-corrected chi connectivity index (χ1v) is 11.0. The number of rotatable bonds is 8. The average molecular weight is 495 g/mol. The normalized spacial score (nSPS) is 12.2. The molecule has 0 aliphatic heterocycles. The van der Waals surface area contributed by atoms with Crippen molar-refractivity contribution >= 4 is 28.4 Å². The van der Waals surface area contributed by atoms with Crippen molar-refractivity contribution in [2.75, 3.05) is 0 Å². The van der Waals surface area contributed by atoms with Crippen LogP contribution in [0.1, 0.15) is 42.8 Å². The molecule has 0 bridgehead atoms. The largest absolute Gasteiger partial charge is 0.305 e. The fourth-order valence-electron chi connectivity index (χ4n) is 3.53. The maximum atomic E-state index is 13.3. The summed E-state index contributed by atoms with van der Waals surface area (Å²) < 4.78 is 58.3. The molecule has 0 aromatic carbocycles. The third kappa shape index (κ3) is 3.86. The van der Waals surface area contributed by atoms with Gasteiger partial charge in [0.25, 0.3) is 12.9 Å². The van der Waals surface area contributed by atoms with Crippen LogP contribution in [0.5, 0.6) is 0 Å². The highest BCUT2D eigenvalue weighted by Gasteiger charge is 2.23. The zero-order valence-electron chi connectivity index (χ0n) is 17.8. The summed E-state index contributed by atoms with van der Waals surface area (Å²) in [5.74, 6) is 1.21. The molecule has 0 amide bonds. The number of aromatic nitrogens is 11. The van der Waals surface area contributed by atoms with Gasteiger partial charge in [-0.2, -0.15) is 10.2 Å². The second kappa shape index (κ2) is 8.66. The van der Waals surface area contributed by atoms with Crippen LogP contribution >= 0.6 is 11.8 Å². The lowest BCUT2D eigenvalue weighted by Crippen LogP contribution is -2.12. The van der Waals surface area contributed by atoms with Gasteiger partial charge in [0.15, 0.2) is 28.1 Å². The Morgan fingerprint density at radius 2 is 1.88 bits per heavy atom. The summed E-state index contributed by atoms with van der Waals surface area (Å²) in [6, 6.07) is 0.709. The maximum absolute atomic E-state index is 13.3. The van der Waals surface area contributed by atoms with Crippen molar-refractivity contribution in [1.29, 1.82) is 0 Å². The second-order valence-electron chi connectivity index (χ2n) is 7.23. The Morgan fingerprint density at radius 1 is 1.06 bits per heavy atom. The molecule has 34 heavy (non-hydrogen) atoms. The molecule has 5 rings (SSSR count).